The van der Waals surface area contributed by atoms with Crippen LogP contribution < -0.4 is 0 Å². The summed E-state index contributed by atoms with van der Waals surface area (Å²) in [6, 6.07) is 11.8. The minimum atomic E-state index is 0.00412. The summed E-state index contributed by atoms with van der Waals surface area (Å²) in [4.78, 5) is 18.0. The predicted octanol–water partition coefficient (Wildman–Crippen LogP) is 2.66. The molecule has 0 saturated heterocycles. The van der Waals surface area contributed by atoms with Crippen molar-refractivity contribution in [3.05, 3.63) is 65.5 Å². The van der Waals surface area contributed by atoms with E-state index < -0.39 is 0 Å². The smallest absolute Gasteiger partial charge is 0.255 e. The van der Waals surface area contributed by atoms with Gasteiger partial charge in [-0.05, 0) is 24.1 Å². The molecular formula is C15H16N2O. The number of aryl methyl sites for hydroxylation is 1. The van der Waals surface area contributed by atoms with E-state index in [9.17, 15) is 4.79 Å². The Balaban J connectivity index is 2.13. The summed E-state index contributed by atoms with van der Waals surface area (Å²) in [6.07, 6.45) is 3.32. The number of hydrogen-bond donors (Lipinski definition) is 0. The fraction of sp³-hybridized carbons (Fsp3) is 0.200. The zero-order chi connectivity index (χ0) is 13.0. The molecular weight excluding hydrogens is 224 g/mol. The van der Waals surface area contributed by atoms with E-state index in [1.165, 1.54) is 0 Å². The maximum atomic E-state index is 12.3. The Morgan fingerprint density at radius 2 is 1.94 bits per heavy atom. The maximum Gasteiger partial charge on any atom is 0.255 e. The average Bonchev–Trinajstić information content (AvgIpc) is 2.39. The highest BCUT2D eigenvalue weighted by molar-refractivity contribution is 5.95. The Kier molecular flexibility index (Phi) is 3.72. The molecule has 0 aliphatic rings. The maximum absolute atomic E-state index is 12.3. The molecule has 0 saturated carbocycles. The van der Waals surface area contributed by atoms with Crippen LogP contribution in [-0.4, -0.2) is 22.8 Å². The fourth-order valence-corrected chi connectivity index (χ4v) is 1.82. The van der Waals surface area contributed by atoms with Crippen molar-refractivity contribution in [2.24, 2.45) is 0 Å². The molecule has 0 aliphatic heterocycles. The van der Waals surface area contributed by atoms with Gasteiger partial charge in [0.25, 0.3) is 5.91 Å². The normalized spacial score (nSPS) is 10.1. The van der Waals surface area contributed by atoms with Crippen LogP contribution in [0.2, 0.25) is 0 Å². The zero-order valence-corrected chi connectivity index (χ0v) is 10.6. The van der Waals surface area contributed by atoms with Crippen LogP contribution in [0.4, 0.5) is 0 Å². The predicted molar refractivity (Wildman–Crippen MR) is 71.2 cm³/mol. The van der Waals surface area contributed by atoms with E-state index in [1.807, 2.05) is 50.4 Å². The van der Waals surface area contributed by atoms with Gasteiger partial charge >= 0.3 is 0 Å². The highest BCUT2D eigenvalue weighted by atomic mass is 16.2. The van der Waals surface area contributed by atoms with Gasteiger partial charge < -0.3 is 4.90 Å². The first-order chi connectivity index (χ1) is 8.68. The van der Waals surface area contributed by atoms with Gasteiger partial charge in [0.2, 0.25) is 0 Å². The van der Waals surface area contributed by atoms with Gasteiger partial charge in [-0.1, -0.05) is 30.3 Å². The average molecular weight is 240 g/mol. The summed E-state index contributed by atoms with van der Waals surface area (Å²) in [5.41, 5.74) is 2.74. The van der Waals surface area contributed by atoms with Gasteiger partial charge in [0, 0.05) is 26.0 Å². The summed E-state index contributed by atoms with van der Waals surface area (Å²) in [5, 5.41) is 0. The summed E-state index contributed by atoms with van der Waals surface area (Å²) in [5.74, 6) is 0.00412. The summed E-state index contributed by atoms with van der Waals surface area (Å²) < 4.78 is 0. The molecule has 3 nitrogen and oxygen atoms in total. The molecule has 2 aromatic rings. The molecule has 18 heavy (non-hydrogen) atoms. The topological polar surface area (TPSA) is 33.2 Å². The Morgan fingerprint density at radius 1 is 1.22 bits per heavy atom. The zero-order valence-electron chi connectivity index (χ0n) is 10.6. The second kappa shape index (κ2) is 5.45. The lowest BCUT2D eigenvalue weighted by atomic mass is 10.1. The first-order valence-corrected chi connectivity index (χ1v) is 5.88. The van der Waals surface area contributed by atoms with Crippen molar-refractivity contribution in [3.63, 3.8) is 0 Å². The Morgan fingerprint density at radius 3 is 2.61 bits per heavy atom. The van der Waals surface area contributed by atoms with Crippen molar-refractivity contribution < 1.29 is 4.79 Å². The summed E-state index contributed by atoms with van der Waals surface area (Å²) >= 11 is 0. The third-order valence-electron chi connectivity index (χ3n) is 2.88. The minimum absolute atomic E-state index is 0.00412. The van der Waals surface area contributed by atoms with Crippen LogP contribution in [0.1, 0.15) is 21.5 Å². The van der Waals surface area contributed by atoms with Crippen LogP contribution in [0.5, 0.6) is 0 Å². The van der Waals surface area contributed by atoms with E-state index in [0.717, 1.165) is 11.1 Å². The molecule has 1 aromatic heterocycles. The third-order valence-corrected chi connectivity index (χ3v) is 2.88. The second-order valence-corrected chi connectivity index (χ2v) is 4.34. The van der Waals surface area contributed by atoms with Crippen LogP contribution in [0.25, 0.3) is 0 Å². The van der Waals surface area contributed by atoms with E-state index in [1.54, 1.807) is 17.3 Å². The first kappa shape index (κ1) is 12.3. The van der Waals surface area contributed by atoms with Crippen molar-refractivity contribution in [1.82, 2.24) is 9.88 Å². The highest BCUT2D eigenvalue weighted by Crippen LogP contribution is 2.10. The van der Waals surface area contributed by atoms with E-state index in [0.29, 0.717) is 12.1 Å². The van der Waals surface area contributed by atoms with Crippen molar-refractivity contribution >= 4 is 5.91 Å². The van der Waals surface area contributed by atoms with E-state index in [-0.39, 0.29) is 5.91 Å². The summed E-state index contributed by atoms with van der Waals surface area (Å²) in [6.45, 7) is 2.53. The molecule has 3 heteroatoms. The molecule has 0 radical (unpaired) electrons. The molecule has 92 valence electrons. The Labute approximate surface area is 107 Å². The Bertz CT molecular complexity index is 537. The van der Waals surface area contributed by atoms with Gasteiger partial charge in [-0.15, -0.1) is 0 Å². The third kappa shape index (κ3) is 2.74. The van der Waals surface area contributed by atoms with Crippen molar-refractivity contribution in [2.75, 3.05) is 7.05 Å². The second-order valence-electron chi connectivity index (χ2n) is 4.34. The Hall–Kier alpha value is -2.16. The molecule has 2 rings (SSSR count). The van der Waals surface area contributed by atoms with Crippen molar-refractivity contribution in [1.29, 1.82) is 0 Å². The number of pyridine rings is 1. The van der Waals surface area contributed by atoms with Gasteiger partial charge in [-0.2, -0.15) is 0 Å². The molecule has 0 atom stereocenters. The molecule has 0 bridgehead atoms. The van der Waals surface area contributed by atoms with E-state index in [2.05, 4.69) is 4.98 Å². The monoisotopic (exact) mass is 240 g/mol. The molecule has 1 aromatic carbocycles. The lowest BCUT2D eigenvalue weighted by Gasteiger charge is -2.18. The lowest BCUT2D eigenvalue weighted by Crippen LogP contribution is -2.26. The van der Waals surface area contributed by atoms with Gasteiger partial charge in [-0.25, -0.2) is 0 Å². The number of aromatic nitrogens is 1. The van der Waals surface area contributed by atoms with Crippen LogP contribution in [0.15, 0.2) is 48.8 Å². The van der Waals surface area contributed by atoms with Gasteiger partial charge in [0.1, 0.15) is 0 Å². The summed E-state index contributed by atoms with van der Waals surface area (Å²) in [7, 11) is 1.81. The standard InChI is InChI=1S/C15H16N2O/c1-12-8-9-16-10-14(12)15(18)17(2)11-13-6-4-3-5-7-13/h3-10H,11H2,1-2H3. The van der Waals surface area contributed by atoms with Gasteiger partial charge in [0.05, 0.1) is 5.56 Å². The molecule has 1 amide bonds. The fourth-order valence-electron chi connectivity index (χ4n) is 1.82. The minimum Gasteiger partial charge on any atom is -0.337 e. The van der Waals surface area contributed by atoms with Crippen LogP contribution in [-0.2, 0) is 6.54 Å². The lowest BCUT2D eigenvalue weighted by molar-refractivity contribution is 0.0784. The molecule has 0 fully saturated rings. The molecule has 1 heterocycles. The highest BCUT2D eigenvalue weighted by Gasteiger charge is 2.14. The van der Waals surface area contributed by atoms with Gasteiger partial charge in [-0.3, -0.25) is 9.78 Å². The number of amides is 1. The SMILES string of the molecule is Cc1ccncc1C(=O)N(C)Cc1ccccc1. The molecule has 0 N–H and O–H groups in total. The number of hydrogen-bond acceptors (Lipinski definition) is 2. The van der Waals surface area contributed by atoms with Crippen molar-refractivity contribution in [2.45, 2.75) is 13.5 Å². The molecule has 0 aliphatic carbocycles. The van der Waals surface area contributed by atoms with Crippen molar-refractivity contribution in [3.8, 4) is 0 Å². The number of rotatable bonds is 3. The molecule has 0 spiro atoms. The van der Waals surface area contributed by atoms with Crippen LogP contribution in [0.3, 0.4) is 0 Å². The first-order valence-electron chi connectivity index (χ1n) is 5.88. The number of carbonyl (C=O) groups is 1. The number of benzene rings is 1. The molecule has 0 unspecified atom stereocenters. The van der Waals surface area contributed by atoms with E-state index >= 15 is 0 Å². The van der Waals surface area contributed by atoms with E-state index in [4.69, 9.17) is 0 Å². The van der Waals surface area contributed by atoms with Crippen LogP contribution >= 0.6 is 0 Å². The van der Waals surface area contributed by atoms with Crippen LogP contribution in [0, 0.1) is 6.92 Å². The number of nitrogens with zero attached hydrogens (tertiary/aromatic N) is 2. The largest absolute Gasteiger partial charge is 0.337 e. The quantitative estimate of drug-likeness (QED) is 0.826. The van der Waals surface area contributed by atoms with Gasteiger partial charge in [0.15, 0.2) is 0 Å². The number of carbonyl (C=O) groups excluding carboxylic acids is 1.